The first kappa shape index (κ1) is 20.2. The van der Waals surface area contributed by atoms with Crippen molar-refractivity contribution in [3.05, 3.63) is 34.7 Å². The lowest BCUT2D eigenvalue weighted by Gasteiger charge is -2.14. The maximum absolute atomic E-state index is 12.8. The second-order valence-corrected chi connectivity index (χ2v) is 7.11. The highest BCUT2D eigenvalue weighted by atomic mass is 32.2. The van der Waals surface area contributed by atoms with Gasteiger partial charge >= 0.3 is 0 Å². The number of thioether (sulfide) groups is 1. The normalized spacial score (nSPS) is 14.3. The zero-order valence-corrected chi connectivity index (χ0v) is 15.9. The van der Waals surface area contributed by atoms with Crippen LogP contribution in [0.1, 0.15) is 38.7 Å². The number of nitrogens with zero attached hydrogens (tertiary/aromatic N) is 1. The van der Waals surface area contributed by atoms with Crippen LogP contribution < -0.4 is 5.32 Å². The Kier molecular flexibility index (Phi) is 7.41. The van der Waals surface area contributed by atoms with Gasteiger partial charge in [0.25, 0.3) is 11.8 Å². The summed E-state index contributed by atoms with van der Waals surface area (Å²) >= 11 is 1.20. The van der Waals surface area contributed by atoms with Crippen LogP contribution in [0, 0.1) is 0 Å². The van der Waals surface area contributed by atoms with Gasteiger partial charge in [-0.2, -0.15) is 0 Å². The number of benzene rings is 1. The van der Waals surface area contributed by atoms with Crippen molar-refractivity contribution in [2.45, 2.75) is 33.1 Å². The van der Waals surface area contributed by atoms with Crippen LogP contribution in [0.3, 0.4) is 0 Å². The smallest absolute Gasteiger partial charge is 0.267 e. The first-order valence-electron chi connectivity index (χ1n) is 8.71. The van der Waals surface area contributed by atoms with E-state index < -0.39 is 0 Å². The van der Waals surface area contributed by atoms with Crippen molar-refractivity contribution in [1.29, 1.82) is 0 Å². The van der Waals surface area contributed by atoms with E-state index >= 15 is 0 Å². The summed E-state index contributed by atoms with van der Waals surface area (Å²) in [5.74, 6) is -0.403. The zero-order valence-electron chi connectivity index (χ0n) is 15.1. The van der Waals surface area contributed by atoms with Crippen molar-refractivity contribution >= 4 is 40.7 Å². The Morgan fingerprint density at radius 3 is 2.42 bits per heavy atom. The number of carbonyl (C=O) groups excluding carboxylic acids is 3. The van der Waals surface area contributed by atoms with Gasteiger partial charge in [-0.15, -0.1) is 11.8 Å². The summed E-state index contributed by atoms with van der Waals surface area (Å²) in [7, 11) is 0. The molecule has 6 nitrogen and oxygen atoms in total. The molecule has 0 unspecified atom stereocenters. The first-order chi connectivity index (χ1) is 12.5. The number of nitrogens with one attached hydrogen (secondary N) is 1. The minimum Gasteiger partial charge on any atom is -0.396 e. The molecule has 0 saturated carbocycles. The Labute approximate surface area is 157 Å². The Balaban J connectivity index is 2.30. The highest BCUT2D eigenvalue weighted by Crippen LogP contribution is 2.36. The molecule has 1 aliphatic heterocycles. The molecule has 1 heterocycles. The predicted molar refractivity (Wildman–Crippen MR) is 103 cm³/mol. The van der Waals surface area contributed by atoms with Crippen molar-refractivity contribution in [2.75, 3.05) is 24.2 Å². The van der Waals surface area contributed by atoms with E-state index in [4.69, 9.17) is 5.11 Å². The molecule has 140 valence electrons. The fourth-order valence-corrected chi connectivity index (χ4v) is 3.62. The van der Waals surface area contributed by atoms with E-state index in [9.17, 15) is 14.4 Å². The molecule has 0 saturated heterocycles. The maximum Gasteiger partial charge on any atom is 0.267 e. The lowest BCUT2D eigenvalue weighted by atomic mass is 10.1. The highest BCUT2D eigenvalue weighted by Gasteiger charge is 2.38. The minimum absolute atomic E-state index is 0.0692. The summed E-state index contributed by atoms with van der Waals surface area (Å²) in [4.78, 5) is 38.4. The Hall–Kier alpha value is -2.12. The molecule has 1 aliphatic rings. The number of hydrogen-bond acceptors (Lipinski definition) is 5. The van der Waals surface area contributed by atoms with E-state index in [0.717, 1.165) is 19.3 Å². The number of aliphatic hydroxyl groups is 1. The zero-order chi connectivity index (χ0) is 19.1. The van der Waals surface area contributed by atoms with Gasteiger partial charge in [-0.25, -0.2) is 0 Å². The van der Waals surface area contributed by atoms with Gasteiger partial charge in [0.05, 0.1) is 17.1 Å². The molecule has 2 N–H and O–H groups in total. The molecule has 0 aliphatic carbocycles. The number of carbonyl (C=O) groups is 3. The molecule has 0 atom stereocenters. The van der Waals surface area contributed by atoms with Crippen LogP contribution in [0.5, 0.6) is 0 Å². The van der Waals surface area contributed by atoms with E-state index in [0.29, 0.717) is 34.0 Å². The van der Waals surface area contributed by atoms with Gasteiger partial charge in [0, 0.05) is 24.9 Å². The molecule has 0 bridgehead atoms. The SMILES string of the molecule is CCCCCN1C(=O)C(SCCO)=C(c2ccc(NC(C)=O)cc2)C1=O. The Morgan fingerprint density at radius 1 is 1.15 bits per heavy atom. The lowest BCUT2D eigenvalue weighted by molar-refractivity contribution is -0.136. The van der Waals surface area contributed by atoms with Gasteiger partial charge in [-0.05, 0) is 24.1 Å². The molecule has 0 radical (unpaired) electrons. The van der Waals surface area contributed by atoms with Gasteiger partial charge in [0.15, 0.2) is 0 Å². The van der Waals surface area contributed by atoms with Crippen LogP contribution in [0.25, 0.3) is 5.57 Å². The molecule has 1 aromatic rings. The quantitative estimate of drug-likeness (QED) is 0.511. The second-order valence-electron chi connectivity index (χ2n) is 6.00. The molecule has 26 heavy (non-hydrogen) atoms. The summed E-state index contributed by atoms with van der Waals surface area (Å²) < 4.78 is 0. The predicted octanol–water partition coefficient (Wildman–Crippen LogP) is 2.64. The van der Waals surface area contributed by atoms with E-state index in [2.05, 4.69) is 12.2 Å². The Morgan fingerprint density at radius 2 is 1.85 bits per heavy atom. The Bertz CT molecular complexity index is 713. The maximum atomic E-state index is 12.8. The third-order valence-corrected chi connectivity index (χ3v) is 5.00. The molecule has 3 amide bonds. The monoisotopic (exact) mass is 376 g/mol. The summed E-state index contributed by atoms with van der Waals surface area (Å²) in [6.07, 6.45) is 2.74. The minimum atomic E-state index is -0.293. The number of unbranched alkanes of at least 4 members (excludes halogenated alkanes) is 2. The standard InChI is InChI=1S/C19H24N2O4S/c1-3-4-5-10-21-18(24)16(17(19(21)25)26-12-11-22)14-6-8-15(9-7-14)20-13(2)23/h6-9,22H,3-5,10-12H2,1-2H3,(H,20,23). The molecule has 0 spiro atoms. The number of hydrogen-bond donors (Lipinski definition) is 2. The van der Waals surface area contributed by atoms with Gasteiger partial charge in [0.1, 0.15) is 0 Å². The lowest BCUT2D eigenvalue weighted by Crippen LogP contribution is -2.32. The highest BCUT2D eigenvalue weighted by molar-refractivity contribution is 8.04. The van der Waals surface area contributed by atoms with Crippen molar-refractivity contribution in [3.63, 3.8) is 0 Å². The topological polar surface area (TPSA) is 86.7 Å². The van der Waals surface area contributed by atoms with E-state index in [-0.39, 0.29) is 24.3 Å². The molecule has 7 heteroatoms. The summed E-state index contributed by atoms with van der Waals surface area (Å²) in [5.41, 5.74) is 1.64. The first-order valence-corrected chi connectivity index (χ1v) is 9.70. The molecule has 0 fully saturated rings. The number of imide groups is 1. The van der Waals surface area contributed by atoms with Gasteiger partial charge in [-0.3, -0.25) is 19.3 Å². The molecular formula is C19H24N2O4S. The summed E-state index contributed by atoms with van der Waals surface area (Å²) in [6.45, 7) is 3.83. The number of anilines is 1. The second kappa shape index (κ2) is 9.54. The number of amides is 3. The average molecular weight is 376 g/mol. The van der Waals surface area contributed by atoms with Crippen molar-refractivity contribution in [1.82, 2.24) is 4.90 Å². The van der Waals surface area contributed by atoms with Crippen molar-refractivity contribution in [3.8, 4) is 0 Å². The van der Waals surface area contributed by atoms with Gasteiger partial charge in [0.2, 0.25) is 5.91 Å². The molecule has 1 aromatic carbocycles. The van der Waals surface area contributed by atoms with E-state index in [1.807, 2.05) is 0 Å². The number of rotatable bonds is 9. The van der Waals surface area contributed by atoms with Crippen molar-refractivity contribution in [2.24, 2.45) is 0 Å². The number of aliphatic hydroxyl groups excluding tert-OH is 1. The summed E-state index contributed by atoms with van der Waals surface area (Å²) in [6, 6.07) is 6.85. The van der Waals surface area contributed by atoms with Crippen LogP contribution in [0.4, 0.5) is 5.69 Å². The van der Waals surface area contributed by atoms with Crippen LogP contribution in [0.15, 0.2) is 29.2 Å². The van der Waals surface area contributed by atoms with Crippen molar-refractivity contribution < 1.29 is 19.5 Å². The average Bonchev–Trinajstić information content (AvgIpc) is 2.84. The molecular weight excluding hydrogens is 352 g/mol. The third kappa shape index (κ3) is 4.74. The van der Waals surface area contributed by atoms with Crippen LogP contribution in [-0.2, 0) is 14.4 Å². The van der Waals surface area contributed by atoms with Gasteiger partial charge < -0.3 is 10.4 Å². The third-order valence-electron chi connectivity index (χ3n) is 3.94. The fourth-order valence-electron chi connectivity index (χ4n) is 2.74. The van der Waals surface area contributed by atoms with Crippen LogP contribution >= 0.6 is 11.8 Å². The van der Waals surface area contributed by atoms with E-state index in [1.54, 1.807) is 24.3 Å². The molecule has 2 rings (SSSR count). The van der Waals surface area contributed by atoms with E-state index in [1.165, 1.54) is 23.6 Å². The van der Waals surface area contributed by atoms with Crippen LogP contribution in [0.2, 0.25) is 0 Å². The largest absolute Gasteiger partial charge is 0.396 e. The fraction of sp³-hybridized carbons (Fsp3) is 0.421. The van der Waals surface area contributed by atoms with Gasteiger partial charge in [-0.1, -0.05) is 31.9 Å². The van der Waals surface area contributed by atoms with Crippen LogP contribution in [-0.4, -0.2) is 46.6 Å². The molecule has 0 aromatic heterocycles. The summed E-state index contributed by atoms with van der Waals surface area (Å²) in [5, 5.41) is 11.8.